The monoisotopic (exact) mass is 275 g/mol. The number of hydrogen-bond acceptors (Lipinski definition) is 2. The Morgan fingerprint density at radius 3 is 2.50 bits per heavy atom. The van der Waals surface area contributed by atoms with E-state index in [-0.39, 0.29) is 5.54 Å². The van der Waals surface area contributed by atoms with Crippen LogP contribution >= 0.6 is 27.3 Å². The lowest BCUT2D eigenvalue weighted by Gasteiger charge is -2.28. The topological polar surface area (TPSA) is 12.0 Å². The lowest BCUT2D eigenvalue weighted by Crippen LogP contribution is -2.40. The van der Waals surface area contributed by atoms with Gasteiger partial charge in [0.1, 0.15) is 0 Å². The van der Waals surface area contributed by atoms with E-state index in [1.54, 1.807) is 11.3 Å². The van der Waals surface area contributed by atoms with E-state index in [1.165, 1.54) is 22.2 Å². The molecule has 0 unspecified atom stereocenters. The first kappa shape index (κ1) is 12.2. The fraction of sp³-hybridized carbons (Fsp3) is 0.636. The molecule has 0 fully saturated rings. The van der Waals surface area contributed by atoms with Crippen molar-refractivity contribution in [3.63, 3.8) is 0 Å². The summed E-state index contributed by atoms with van der Waals surface area (Å²) in [6, 6.07) is 2.18. The molecule has 14 heavy (non-hydrogen) atoms. The second-order valence-corrected chi connectivity index (χ2v) is 6.17. The second-order valence-electron chi connectivity index (χ2n) is 3.88. The van der Waals surface area contributed by atoms with Crippen LogP contribution in [-0.4, -0.2) is 5.54 Å². The third-order valence-electron chi connectivity index (χ3n) is 2.90. The highest BCUT2D eigenvalue weighted by Crippen LogP contribution is 2.22. The molecule has 0 saturated carbocycles. The Morgan fingerprint density at radius 2 is 2.07 bits per heavy atom. The zero-order valence-electron chi connectivity index (χ0n) is 9.06. The number of hydrogen-bond donors (Lipinski definition) is 1. The lowest BCUT2D eigenvalue weighted by molar-refractivity contribution is 0.329. The maximum Gasteiger partial charge on any atom is 0.0701 e. The van der Waals surface area contributed by atoms with Crippen LogP contribution in [0.1, 0.15) is 39.2 Å². The van der Waals surface area contributed by atoms with Gasteiger partial charge in [-0.25, -0.2) is 0 Å². The summed E-state index contributed by atoms with van der Waals surface area (Å²) < 4.78 is 1.21. The first-order chi connectivity index (χ1) is 6.59. The minimum Gasteiger partial charge on any atom is -0.307 e. The summed E-state index contributed by atoms with van der Waals surface area (Å²) in [4.78, 5) is 0. The van der Waals surface area contributed by atoms with Crippen molar-refractivity contribution in [1.82, 2.24) is 5.32 Å². The zero-order valence-corrected chi connectivity index (χ0v) is 11.5. The first-order valence-electron chi connectivity index (χ1n) is 5.07. The van der Waals surface area contributed by atoms with Crippen molar-refractivity contribution in [2.45, 2.75) is 45.7 Å². The molecule has 3 heteroatoms. The Bertz CT molecular complexity index is 279. The van der Waals surface area contributed by atoms with Crippen LogP contribution in [-0.2, 0) is 6.54 Å². The van der Waals surface area contributed by atoms with Gasteiger partial charge in [-0.15, -0.1) is 11.3 Å². The summed E-state index contributed by atoms with van der Waals surface area (Å²) in [5.74, 6) is 0. The van der Waals surface area contributed by atoms with Crippen LogP contribution in [0.25, 0.3) is 0 Å². The highest BCUT2D eigenvalue weighted by molar-refractivity contribution is 9.11. The van der Waals surface area contributed by atoms with E-state index >= 15 is 0 Å². The Kier molecular flexibility index (Phi) is 4.61. The molecule has 0 radical (unpaired) electrons. The normalized spacial score (nSPS) is 12.0. The summed E-state index contributed by atoms with van der Waals surface area (Å²) >= 11 is 5.22. The average molecular weight is 276 g/mol. The summed E-state index contributed by atoms with van der Waals surface area (Å²) in [5, 5.41) is 5.81. The quantitative estimate of drug-likeness (QED) is 0.850. The van der Waals surface area contributed by atoms with E-state index in [4.69, 9.17) is 0 Å². The molecule has 80 valence electrons. The van der Waals surface area contributed by atoms with E-state index in [2.05, 4.69) is 53.5 Å². The van der Waals surface area contributed by atoms with E-state index in [9.17, 15) is 0 Å². The number of halogens is 1. The number of thiophene rings is 1. The minimum absolute atomic E-state index is 0.286. The number of rotatable bonds is 5. The van der Waals surface area contributed by atoms with Crippen LogP contribution in [0.3, 0.4) is 0 Å². The maximum absolute atomic E-state index is 3.61. The largest absolute Gasteiger partial charge is 0.307 e. The first-order valence-corrected chi connectivity index (χ1v) is 6.75. The van der Waals surface area contributed by atoms with Crippen LogP contribution in [0, 0.1) is 0 Å². The van der Waals surface area contributed by atoms with Gasteiger partial charge in [-0.3, -0.25) is 0 Å². The van der Waals surface area contributed by atoms with Crippen molar-refractivity contribution in [3.05, 3.63) is 20.8 Å². The van der Waals surface area contributed by atoms with Crippen molar-refractivity contribution in [2.24, 2.45) is 0 Å². The Hall–Kier alpha value is 0.140. The van der Waals surface area contributed by atoms with Crippen molar-refractivity contribution in [3.8, 4) is 0 Å². The van der Waals surface area contributed by atoms with Gasteiger partial charge in [0.15, 0.2) is 0 Å². The molecule has 1 aromatic heterocycles. The molecule has 0 aliphatic heterocycles. The predicted molar refractivity (Wildman–Crippen MR) is 67.8 cm³/mol. The summed E-state index contributed by atoms with van der Waals surface area (Å²) in [6.45, 7) is 7.73. The minimum atomic E-state index is 0.286. The smallest absolute Gasteiger partial charge is 0.0701 e. The van der Waals surface area contributed by atoms with Gasteiger partial charge in [0.25, 0.3) is 0 Å². The molecule has 0 bridgehead atoms. The Balaban J connectivity index is 2.47. The molecule has 0 saturated heterocycles. The van der Waals surface area contributed by atoms with E-state index in [0.29, 0.717) is 0 Å². The summed E-state index contributed by atoms with van der Waals surface area (Å²) in [5.41, 5.74) is 1.66. The van der Waals surface area contributed by atoms with Gasteiger partial charge in [-0.1, -0.05) is 13.8 Å². The van der Waals surface area contributed by atoms with Gasteiger partial charge >= 0.3 is 0 Å². The molecule has 1 nitrogen and oxygen atoms in total. The van der Waals surface area contributed by atoms with Gasteiger partial charge in [0, 0.05) is 12.1 Å². The van der Waals surface area contributed by atoms with E-state index in [0.717, 1.165) is 6.54 Å². The fourth-order valence-corrected chi connectivity index (χ4v) is 2.46. The van der Waals surface area contributed by atoms with Gasteiger partial charge in [0.2, 0.25) is 0 Å². The van der Waals surface area contributed by atoms with Crippen LogP contribution < -0.4 is 5.32 Å². The van der Waals surface area contributed by atoms with E-state index < -0.39 is 0 Å². The van der Waals surface area contributed by atoms with Gasteiger partial charge in [-0.2, -0.15) is 0 Å². The van der Waals surface area contributed by atoms with Crippen LogP contribution in [0.4, 0.5) is 0 Å². The molecular weight excluding hydrogens is 258 g/mol. The molecule has 0 amide bonds. The molecule has 0 spiro atoms. The average Bonchev–Trinajstić information content (AvgIpc) is 2.61. The van der Waals surface area contributed by atoms with Crippen LogP contribution in [0.5, 0.6) is 0 Å². The van der Waals surface area contributed by atoms with Gasteiger partial charge in [-0.05, 0) is 52.7 Å². The summed E-state index contributed by atoms with van der Waals surface area (Å²) in [7, 11) is 0. The molecule has 1 heterocycles. The molecular formula is C11H18BrNS. The molecule has 1 aromatic rings. The highest BCUT2D eigenvalue weighted by atomic mass is 79.9. The third kappa shape index (κ3) is 3.37. The van der Waals surface area contributed by atoms with Crippen molar-refractivity contribution >= 4 is 27.3 Å². The standard InChI is InChI=1S/C11H18BrNS/c1-4-11(3,5-2)13-7-9-6-10(12)14-8-9/h6,8,13H,4-5,7H2,1-3H3. The fourth-order valence-electron chi connectivity index (χ4n) is 1.25. The molecule has 0 atom stereocenters. The molecule has 0 aromatic carbocycles. The second kappa shape index (κ2) is 5.29. The lowest BCUT2D eigenvalue weighted by atomic mass is 9.95. The zero-order chi connectivity index (χ0) is 10.6. The van der Waals surface area contributed by atoms with Gasteiger partial charge in [0.05, 0.1) is 3.79 Å². The predicted octanol–water partition coefficient (Wildman–Crippen LogP) is 4.18. The Labute approximate surface area is 99.0 Å². The van der Waals surface area contributed by atoms with Crippen LogP contribution in [0.2, 0.25) is 0 Å². The van der Waals surface area contributed by atoms with Crippen molar-refractivity contribution < 1.29 is 0 Å². The molecule has 1 N–H and O–H groups in total. The maximum atomic E-state index is 3.61. The van der Waals surface area contributed by atoms with Gasteiger partial charge < -0.3 is 5.32 Å². The van der Waals surface area contributed by atoms with E-state index in [1.807, 2.05) is 0 Å². The summed E-state index contributed by atoms with van der Waals surface area (Å²) in [6.07, 6.45) is 2.35. The molecule has 0 aliphatic rings. The Morgan fingerprint density at radius 1 is 1.43 bits per heavy atom. The van der Waals surface area contributed by atoms with Crippen molar-refractivity contribution in [1.29, 1.82) is 0 Å². The highest BCUT2D eigenvalue weighted by Gasteiger charge is 2.18. The third-order valence-corrected chi connectivity index (χ3v) is 4.45. The molecule has 0 aliphatic carbocycles. The number of nitrogens with one attached hydrogen (secondary N) is 1. The SMILES string of the molecule is CCC(C)(CC)NCc1csc(Br)c1. The van der Waals surface area contributed by atoms with Crippen LogP contribution in [0.15, 0.2) is 15.2 Å². The van der Waals surface area contributed by atoms with Crippen molar-refractivity contribution in [2.75, 3.05) is 0 Å². The molecule has 1 rings (SSSR count).